The van der Waals surface area contributed by atoms with Gasteiger partial charge in [0.1, 0.15) is 0 Å². The molecule has 3 heteroatoms. The Morgan fingerprint density at radius 2 is 1.90 bits per heavy atom. The second-order valence-electron chi connectivity index (χ2n) is 8.93. The number of alkyl halides is 1. The molecule has 4 aliphatic carbocycles. The van der Waals surface area contributed by atoms with E-state index in [1.165, 1.54) is 49.8 Å². The van der Waals surface area contributed by atoms with Crippen LogP contribution in [0.15, 0.2) is 11.4 Å². The summed E-state index contributed by atoms with van der Waals surface area (Å²) < 4.78 is 0. The van der Waals surface area contributed by atoms with Crippen LogP contribution in [-0.2, 0) is 0 Å². The third-order valence-corrected chi connectivity index (χ3v) is 8.84. The molecule has 0 nitrogen and oxygen atoms in total. The Hall–Kier alpha value is 0.470. The van der Waals surface area contributed by atoms with Gasteiger partial charge in [0.05, 0.1) is 9.85 Å². The van der Waals surface area contributed by atoms with Gasteiger partial charge in [0, 0.05) is 4.88 Å². The Bertz CT molecular complexity index is 547. The third-order valence-electron chi connectivity index (χ3n) is 6.28. The molecule has 4 fully saturated rings. The van der Waals surface area contributed by atoms with Crippen LogP contribution in [0.3, 0.4) is 0 Å². The highest BCUT2D eigenvalue weighted by molar-refractivity contribution is 9.09. The Morgan fingerprint density at radius 3 is 2.43 bits per heavy atom. The first-order valence-electron chi connectivity index (χ1n) is 8.18. The van der Waals surface area contributed by atoms with Gasteiger partial charge >= 0.3 is 0 Å². The molecule has 4 saturated carbocycles. The normalized spacial score (nSPS) is 46.0. The fourth-order valence-corrected chi connectivity index (χ4v) is 9.47. The molecule has 1 heterocycles. The Labute approximate surface area is 145 Å². The van der Waals surface area contributed by atoms with Crippen molar-refractivity contribution < 1.29 is 0 Å². The van der Waals surface area contributed by atoms with Crippen molar-refractivity contribution in [3.05, 3.63) is 21.3 Å². The molecule has 1 aromatic heterocycles. The van der Waals surface area contributed by atoms with Crippen molar-refractivity contribution in [2.24, 2.45) is 22.2 Å². The number of thiophene rings is 1. The summed E-state index contributed by atoms with van der Waals surface area (Å²) >= 11 is 12.1. The lowest BCUT2D eigenvalue weighted by molar-refractivity contribution is -0.147. The van der Waals surface area contributed by atoms with E-state index in [0.717, 1.165) is 10.9 Å². The van der Waals surface area contributed by atoms with Crippen molar-refractivity contribution in [2.45, 2.75) is 63.6 Å². The molecule has 3 atom stereocenters. The molecule has 21 heavy (non-hydrogen) atoms. The predicted molar refractivity (Wildman–Crippen MR) is 95.5 cm³/mol. The summed E-state index contributed by atoms with van der Waals surface area (Å²) in [6.07, 6.45) is 10.0. The fraction of sp³-hybridized carbons (Fsp3) is 0.778. The van der Waals surface area contributed by atoms with Crippen LogP contribution in [0, 0.1) is 22.2 Å². The van der Waals surface area contributed by atoms with Crippen molar-refractivity contribution in [2.75, 3.05) is 0 Å². The van der Waals surface area contributed by atoms with Gasteiger partial charge in [-0.05, 0) is 78.6 Å². The van der Waals surface area contributed by atoms with E-state index < -0.39 is 0 Å². The lowest BCUT2D eigenvalue weighted by Crippen LogP contribution is -2.55. The molecule has 0 amide bonds. The van der Waals surface area contributed by atoms with Crippen LogP contribution in [0.2, 0.25) is 5.02 Å². The molecule has 0 radical (unpaired) electrons. The van der Waals surface area contributed by atoms with Crippen molar-refractivity contribution >= 4 is 38.9 Å². The van der Waals surface area contributed by atoms with Gasteiger partial charge in [0.15, 0.2) is 0 Å². The van der Waals surface area contributed by atoms with Gasteiger partial charge in [-0.25, -0.2) is 0 Å². The van der Waals surface area contributed by atoms with Gasteiger partial charge in [0.2, 0.25) is 0 Å². The molecular weight excluding hydrogens is 364 g/mol. The minimum absolute atomic E-state index is 0.438. The maximum atomic E-state index is 6.36. The first-order chi connectivity index (χ1) is 9.81. The predicted octanol–water partition coefficient (Wildman–Crippen LogP) is 7.22. The van der Waals surface area contributed by atoms with Gasteiger partial charge in [-0.1, -0.05) is 41.4 Å². The molecular formula is C18H24BrClS. The van der Waals surface area contributed by atoms with E-state index in [2.05, 4.69) is 35.2 Å². The summed E-state index contributed by atoms with van der Waals surface area (Å²) in [6, 6.07) is 2.04. The van der Waals surface area contributed by atoms with E-state index in [-0.39, 0.29) is 0 Å². The van der Waals surface area contributed by atoms with Crippen molar-refractivity contribution in [1.29, 1.82) is 0 Å². The highest BCUT2D eigenvalue weighted by Crippen LogP contribution is 2.71. The highest BCUT2D eigenvalue weighted by Gasteiger charge is 2.60. The van der Waals surface area contributed by atoms with Crippen LogP contribution in [0.1, 0.15) is 68.5 Å². The quantitative estimate of drug-likeness (QED) is 0.480. The first-order valence-corrected chi connectivity index (χ1v) is 10.3. The summed E-state index contributed by atoms with van der Waals surface area (Å²) in [5.41, 5.74) is 1.78. The topological polar surface area (TPSA) is 0 Å². The number of halogens is 2. The SMILES string of the molecule is CC12CC3CC(C)(C1)CC(CC(Br)c1sccc1Cl)(C3)C2. The fourth-order valence-electron chi connectivity index (χ4n) is 6.91. The zero-order valence-electron chi connectivity index (χ0n) is 12.9. The lowest BCUT2D eigenvalue weighted by atomic mass is 9.40. The molecule has 4 bridgehead atoms. The molecule has 0 aromatic carbocycles. The molecule has 4 aliphatic rings. The van der Waals surface area contributed by atoms with Crippen LogP contribution >= 0.6 is 38.9 Å². The van der Waals surface area contributed by atoms with E-state index >= 15 is 0 Å². The van der Waals surface area contributed by atoms with Gasteiger partial charge < -0.3 is 0 Å². The minimum atomic E-state index is 0.438. The van der Waals surface area contributed by atoms with Crippen molar-refractivity contribution in [1.82, 2.24) is 0 Å². The molecule has 3 unspecified atom stereocenters. The summed E-state index contributed by atoms with van der Waals surface area (Å²) in [4.78, 5) is 1.77. The summed E-state index contributed by atoms with van der Waals surface area (Å²) in [5.74, 6) is 0.981. The summed E-state index contributed by atoms with van der Waals surface area (Å²) in [7, 11) is 0. The molecule has 5 rings (SSSR count). The highest BCUT2D eigenvalue weighted by atomic mass is 79.9. The Balaban J connectivity index is 1.61. The van der Waals surface area contributed by atoms with E-state index in [0.29, 0.717) is 21.1 Å². The monoisotopic (exact) mass is 386 g/mol. The van der Waals surface area contributed by atoms with Crippen molar-refractivity contribution in [3.8, 4) is 0 Å². The Morgan fingerprint density at radius 1 is 1.24 bits per heavy atom. The first kappa shape index (κ1) is 15.0. The zero-order chi connectivity index (χ0) is 14.9. The maximum absolute atomic E-state index is 6.36. The third kappa shape index (κ3) is 2.54. The second kappa shape index (κ2) is 4.74. The van der Waals surface area contributed by atoms with Crippen LogP contribution in [0.25, 0.3) is 0 Å². The number of hydrogen-bond donors (Lipinski definition) is 0. The maximum Gasteiger partial charge on any atom is 0.0556 e. The van der Waals surface area contributed by atoms with Gasteiger partial charge in [-0.3, -0.25) is 0 Å². The average Bonchev–Trinajstić information content (AvgIpc) is 2.69. The number of rotatable bonds is 3. The van der Waals surface area contributed by atoms with Crippen LogP contribution in [-0.4, -0.2) is 0 Å². The van der Waals surface area contributed by atoms with E-state index in [1.54, 1.807) is 11.3 Å². The Kier molecular flexibility index (Phi) is 3.39. The van der Waals surface area contributed by atoms with E-state index in [9.17, 15) is 0 Å². The molecule has 0 saturated heterocycles. The second-order valence-corrected chi connectivity index (χ2v) is 11.4. The molecule has 0 aliphatic heterocycles. The van der Waals surface area contributed by atoms with Crippen LogP contribution < -0.4 is 0 Å². The molecule has 0 N–H and O–H groups in total. The molecule has 116 valence electrons. The summed E-state index contributed by atoms with van der Waals surface area (Å²) in [6.45, 7) is 5.12. The number of hydrogen-bond acceptors (Lipinski definition) is 1. The average molecular weight is 388 g/mol. The standard InChI is InChI=1S/C18H24BrClS/c1-16-5-12-6-17(2,9-16)11-18(7-12,10-16)8-13(19)15-14(20)3-4-21-15/h3-4,12-13H,5-11H2,1-2H3. The smallest absolute Gasteiger partial charge is 0.0556 e. The lowest BCUT2D eigenvalue weighted by Gasteiger charge is -2.66. The minimum Gasteiger partial charge on any atom is -0.146 e. The molecule has 1 aromatic rings. The largest absolute Gasteiger partial charge is 0.146 e. The van der Waals surface area contributed by atoms with Crippen molar-refractivity contribution in [3.63, 3.8) is 0 Å². The van der Waals surface area contributed by atoms with Crippen LogP contribution in [0.5, 0.6) is 0 Å². The van der Waals surface area contributed by atoms with E-state index in [4.69, 9.17) is 11.6 Å². The zero-order valence-corrected chi connectivity index (χ0v) is 16.1. The van der Waals surface area contributed by atoms with E-state index in [1.807, 2.05) is 6.07 Å². The summed E-state index contributed by atoms with van der Waals surface area (Å²) in [5, 5.41) is 3.07. The molecule has 0 spiro atoms. The van der Waals surface area contributed by atoms with Gasteiger partial charge in [-0.2, -0.15) is 0 Å². The van der Waals surface area contributed by atoms with Gasteiger partial charge in [0.25, 0.3) is 0 Å². The van der Waals surface area contributed by atoms with Crippen LogP contribution in [0.4, 0.5) is 0 Å². The van der Waals surface area contributed by atoms with Gasteiger partial charge in [-0.15, -0.1) is 11.3 Å².